The molecule has 2 N–H and O–H groups in total. The monoisotopic (exact) mass is 367 g/mol. The van der Waals surface area contributed by atoms with Crippen molar-refractivity contribution in [2.24, 2.45) is 10.7 Å². The summed E-state index contributed by atoms with van der Waals surface area (Å²) in [5.74, 6) is -0.279. The van der Waals surface area contributed by atoms with Crippen LogP contribution in [0.3, 0.4) is 0 Å². The Hall–Kier alpha value is -1.99. The van der Waals surface area contributed by atoms with E-state index < -0.39 is 5.91 Å². The standard InChI is InChI=1S/C16H18ClN3O3S/c1-3-19-16-20(4-2)15(22)13(24-16)8-10-5-6-12(11(17)7-10)23-9-14(18)21/h5-8H,3-4,9H2,1-2H3,(H2,18,21). The number of hydrogen-bond donors (Lipinski definition) is 1. The fraction of sp³-hybridized carbons (Fsp3) is 0.312. The molecule has 128 valence electrons. The van der Waals surface area contributed by atoms with Crippen molar-refractivity contribution in [1.29, 1.82) is 0 Å². The van der Waals surface area contributed by atoms with Gasteiger partial charge in [0.25, 0.3) is 11.8 Å². The smallest absolute Gasteiger partial charge is 0.266 e. The van der Waals surface area contributed by atoms with Gasteiger partial charge in [0.1, 0.15) is 5.75 Å². The number of carbonyl (C=O) groups is 2. The average molecular weight is 368 g/mol. The molecule has 2 rings (SSSR count). The maximum atomic E-state index is 12.4. The third kappa shape index (κ3) is 4.30. The van der Waals surface area contributed by atoms with Crippen LogP contribution in [0.5, 0.6) is 5.75 Å². The molecule has 0 bridgehead atoms. The highest BCUT2D eigenvalue weighted by Crippen LogP contribution is 2.33. The molecule has 1 aliphatic heterocycles. The predicted molar refractivity (Wildman–Crippen MR) is 97.1 cm³/mol. The first-order chi connectivity index (χ1) is 11.5. The summed E-state index contributed by atoms with van der Waals surface area (Å²) in [6.07, 6.45) is 1.76. The van der Waals surface area contributed by atoms with E-state index in [1.807, 2.05) is 13.8 Å². The number of amides is 2. The number of nitrogens with zero attached hydrogens (tertiary/aromatic N) is 2. The molecule has 0 spiro atoms. The Bertz CT molecular complexity index is 719. The first-order valence-electron chi connectivity index (χ1n) is 7.42. The zero-order valence-electron chi connectivity index (χ0n) is 13.4. The molecule has 1 aromatic carbocycles. The van der Waals surface area contributed by atoms with Crippen molar-refractivity contribution in [2.75, 3.05) is 19.7 Å². The van der Waals surface area contributed by atoms with E-state index in [0.717, 1.165) is 5.56 Å². The number of amidine groups is 1. The molecule has 1 aliphatic rings. The van der Waals surface area contributed by atoms with Crippen LogP contribution in [0.2, 0.25) is 5.02 Å². The zero-order valence-corrected chi connectivity index (χ0v) is 15.0. The molecule has 0 aliphatic carbocycles. The van der Waals surface area contributed by atoms with Crippen molar-refractivity contribution >= 4 is 46.4 Å². The minimum absolute atomic E-state index is 0.0696. The van der Waals surface area contributed by atoms with E-state index in [1.54, 1.807) is 29.2 Å². The lowest BCUT2D eigenvalue weighted by Gasteiger charge is -2.11. The third-order valence-corrected chi connectivity index (χ3v) is 4.46. The van der Waals surface area contributed by atoms with Gasteiger partial charge in [-0.15, -0.1) is 0 Å². The topological polar surface area (TPSA) is 85.0 Å². The number of carbonyl (C=O) groups excluding carboxylic acids is 2. The van der Waals surface area contributed by atoms with E-state index in [4.69, 9.17) is 22.1 Å². The number of likely N-dealkylation sites (N-methyl/N-ethyl adjacent to an activating group) is 1. The van der Waals surface area contributed by atoms with Gasteiger partial charge in [-0.1, -0.05) is 17.7 Å². The quantitative estimate of drug-likeness (QED) is 0.783. The van der Waals surface area contributed by atoms with Crippen LogP contribution < -0.4 is 10.5 Å². The van der Waals surface area contributed by atoms with Gasteiger partial charge < -0.3 is 10.5 Å². The van der Waals surface area contributed by atoms with Gasteiger partial charge in [0, 0.05) is 13.1 Å². The number of halogens is 1. The summed E-state index contributed by atoms with van der Waals surface area (Å²) in [5, 5.41) is 1.06. The summed E-state index contributed by atoms with van der Waals surface area (Å²) in [6, 6.07) is 5.07. The van der Waals surface area contributed by atoms with Gasteiger partial charge in [0.2, 0.25) is 0 Å². The van der Waals surface area contributed by atoms with Gasteiger partial charge in [-0.25, -0.2) is 0 Å². The SMILES string of the molecule is CCN=C1SC(=Cc2ccc(OCC(N)=O)c(Cl)c2)C(=O)N1CC. The number of benzene rings is 1. The molecule has 1 fully saturated rings. The normalized spacial score (nSPS) is 17.8. The average Bonchev–Trinajstić information content (AvgIpc) is 2.82. The van der Waals surface area contributed by atoms with Crippen molar-refractivity contribution in [1.82, 2.24) is 4.90 Å². The Balaban J connectivity index is 2.22. The van der Waals surface area contributed by atoms with Crippen LogP contribution >= 0.6 is 23.4 Å². The first kappa shape index (κ1) is 18.4. The number of aliphatic imine (C=N–C) groups is 1. The van der Waals surface area contributed by atoms with E-state index in [1.165, 1.54) is 11.8 Å². The number of nitrogens with two attached hydrogens (primary N) is 1. The van der Waals surface area contributed by atoms with Gasteiger partial charge in [-0.05, 0) is 49.4 Å². The number of ether oxygens (including phenoxy) is 1. The molecule has 0 atom stereocenters. The van der Waals surface area contributed by atoms with Crippen LogP contribution in [0.25, 0.3) is 6.08 Å². The van der Waals surface area contributed by atoms with Crippen LogP contribution in [0.1, 0.15) is 19.4 Å². The molecular weight excluding hydrogens is 350 g/mol. The van der Waals surface area contributed by atoms with Crippen molar-refractivity contribution in [3.63, 3.8) is 0 Å². The summed E-state index contributed by atoms with van der Waals surface area (Å²) in [6.45, 7) is 4.79. The Labute approximate surface area is 149 Å². The second kappa shape index (κ2) is 8.21. The largest absolute Gasteiger partial charge is 0.482 e. The molecule has 24 heavy (non-hydrogen) atoms. The Morgan fingerprint density at radius 1 is 1.46 bits per heavy atom. The van der Waals surface area contributed by atoms with Gasteiger partial charge in [-0.3, -0.25) is 19.5 Å². The zero-order chi connectivity index (χ0) is 17.7. The lowest BCUT2D eigenvalue weighted by Crippen LogP contribution is -2.28. The molecule has 0 saturated carbocycles. The maximum Gasteiger partial charge on any atom is 0.266 e. The van der Waals surface area contributed by atoms with E-state index in [9.17, 15) is 9.59 Å². The minimum Gasteiger partial charge on any atom is -0.482 e. The molecule has 8 heteroatoms. The molecule has 1 heterocycles. The van der Waals surface area contributed by atoms with E-state index in [2.05, 4.69) is 4.99 Å². The Morgan fingerprint density at radius 2 is 2.21 bits per heavy atom. The van der Waals surface area contributed by atoms with Crippen LogP contribution in [-0.2, 0) is 9.59 Å². The first-order valence-corrected chi connectivity index (χ1v) is 8.62. The van der Waals surface area contributed by atoms with Crippen molar-refractivity contribution in [2.45, 2.75) is 13.8 Å². The highest BCUT2D eigenvalue weighted by molar-refractivity contribution is 8.18. The summed E-state index contributed by atoms with van der Waals surface area (Å²) in [7, 11) is 0. The number of hydrogen-bond acceptors (Lipinski definition) is 5. The van der Waals surface area contributed by atoms with Crippen LogP contribution in [0.15, 0.2) is 28.1 Å². The molecule has 2 amide bonds. The van der Waals surface area contributed by atoms with Crippen molar-refractivity contribution in [3.8, 4) is 5.75 Å². The second-order valence-electron chi connectivity index (χ2n) is 4.86. The molecule has 0 aromatic heterocycles. The summed E-state index contributed by atoms with van der Waals surface area (Å²) < 4.78 is 5.20. The lowest BCUT2D eigenvalue weighted by atomic mass is 10.2. The molecule has 0 unspecified atom stereocenters. The molecule has 1 aromatic rings. The summed E-state index contributed by atoms with van der Waals surface area (Å²) in [4.78, 5) is 29.7. The number of primary amides is 1. The van der Waals surface area contributed by atoms with Gasteiger partial charge in [0.05, 0.1) is 9.93 Å². The van der Waals surface area contributed by atoms with Crippen LogP contribution in [0, 0.1) is 0 Å². The van der Waals surface area contributed by atoms with Gasteiger partial charge >= 0.3 is 0 Å². The van der Waals surface area contributed by atoms with E-state index in [0.29, 0.717) is 33.9 Å². The number of rotatable bonds is 6. The minimum atomic E-state index is -0.576. The van der Waals surface area contributed by atoms with Crippen molar-refractivity contribution in [3.05, 3.63) is 33.7 Å². The number of thioether (sulfide) groups is 1. The fourth-order valence-electron chi connectivity index (χ4n) is 2.06. The Kier molecular flexibility index (Phi) is 6.28. The third-order valence-electron chi connectivity index (χ3n) is 3.12. The second-order valence-corrected chi connectivity index (χ2v) is 6.28. The van der Waals surface area contributed by atoms with Gasteiger partial charge in [-0.2, -0.15) is 0 Å². The van der Waals surface area contributed by atoms with Gasteiger partial charge in [0.15, 0.2) is 11.8 Å². The maximum absolute atomic E-state index is 12.4. The molecular formula is C16H18ClN3O3S. The summed E-state index contributed by atoms with van der Waals surface area (Å²) >= 11 is 7.48. The molecule has 1 saturated heterocycles. The predicted octanol–water partition coefficient (Wildman–Crippen LogP) is 2.52. The Morgan fingerprint density at radius 3 is 2.79 bits per heavy atom. The molecule has 6 nitrogen and oxygen atoms in total. The van der Waals surface area contributed by atoms with Crippen molar-refractivity contribution < 1.29 is 14.3 Å². The highest BCUT2D eigenvalue weighted by atomic mass is 35.5. The lowest BCUT2D eigenvalue weighted by molar-refractivity contribution is -0.122. The van der Waals surface area contributed by atoms with E-state index in [-0.39, 0.29) is 12.5 Å². The van der Waals surface area contributed by atoms with Crippen LogP contribution in [-0.4, -0.2) is 41.6 Å². The fourth-order valence-corrected chi connectivity index (χ4v) is 3.41. The van der Waals surface area contributed by atoms with E-state index >= 15 is 0 Å². The molecule has 0 radical (unpaired) electrons. The van der Waals surface area contributed by atoms with Crippen LogP contribution in [0.4, 0.5) is 0 Å². The summed E-state index contributed by atoms with van der Waals surface area (Å²) in [5.41, 5.74) is 5.80. The highest BCUT2D eigenvalue weighted by Gasteiger charge is 2.31.